The van der Waals surface area contributed by atoms with Crippen LogP contribution in [0.25, 0.3) is 11.0 Å². The Bertz CT molecular complexity index is 952. The number of thioether (sulfide) groups is 1. The number of anilines is 1. The van der Waals surface area contributed by atoms with E-state index in [1.165, 1.54) is 17.8 Å². The molecule has 1 N–H and O–H groups in total. The molecule has 0 aliphatic carbocycles. The Morgan fingerprint density at radius 3 is 3.04 bits per heavy atom. The number of benzene rings is 1. The minimum Gasteiger partial charge on any atom is -0.345 e. The Morgan fingerprint density at radius 2 is 2.17 bits per heavy atom. The number of hydrogen-bond acceptors (Lipinski definition) is 3. The van der Waals surface area contributed by atoms with Crippen molar-refractivity contribution in [3.8, 4) is 0 Å². The molecule has 0 bridgehead atoms. The summed E-state index contributed by atoms with van der Waals surface area (Å²) in [4.78, 5) is 25.7. The molecule has 24 heavy (non-hydrogen) atoms. The summed E-state index contributed by atoms with van der Waals surface area (Å²) in [6.07, 6.45) is 3.27. The van der Waals surface area contributed by atoms with Gasteiger partial charge >= 0.3 is 0 Å². The van der Waals surface area contributed by atoms with E-state index in [0.717, 1.165) is 11.1 Å². The number of halogens is 1. The van der Waals surface area contributed by atoms with E-state index in [-0.39, 0.29) is 11.7 Å². The monoisotopic (exact) mass is 340 g/mol. The van der Waals surface area contributed by atoms with E-state index < -0.39 is 0 Å². The summed E-state index contributed by atoms with van der Waals surface area (Å²) in [5, 5.41) is 1.25. The molecule has 4 rings (SSSR count). The second-order valence-corrected chi connectivity index (χ2v) is 6.32. The summed E-state index contributed by atoms with van der Waals surface area (Å²) in [7, 11) is 0. The summed E-state index contributed by atoms with van der Waals surface area (Å²) in [6, 6.07) is 10.1. The third kappa shape index (κ3) is 2.56. The van der Waals surface area contributed by atoms with Crippen molar-refractivity contribution >= 4 is 39.6 Å². The van der Waals surface area contributed by atoms with Gasteiger partial charge in [0.15, 0.2) is 5.17 Å². The summed E-state index contributed by atoms with van der Waals surface area (Å²) in [5.74, 6) is 0.0760. The third-order valence-electron chi connectivity index (χ3n) is 3.80. The average molecular weight is 340 g/mol. The molecule has 0 atom stereocenters. The van der Waals surface area contributed by atoms with Crippen LogP contribution in [0.4, 0.5) is 10.1 Å². The van der Waals surface area contributed by atoms with Crippen LogP contribution in [0.15, 0.2) is 53.8 Å². The number of rotatable bonds is 2. The number of aliphatic imine (C=N–C) groups is 1. The van der Waals surface area contributed by atoms with E-state index in [2.05, 4.69) is 15.0 Å². The number of H-pyrrole nitrogens is 1. The van der Waals surface area contributed by atoms with Gasteiger partial charge in [-0.15, -0.1) is 0 Å². The van der Waals surface area contributed by atoms with Gasteiger partial charge in [0, 0.05) is 30.1 Å². The van der Waals surface area contributed by atoms with Crippen molar-refractivity contribution in [2.75, 3.05) is 17.2 Å². The van der Waals surface area contributed by atoms with Crippen molar-refractivity contribution in [2.45, 2.75) is 0 Å². The lowest BCUT2D eigenvalue weighted by Gasteiger charge is -2.18. The SMILES string of the molecule is O=C(/N=C1\SCCN1c1ccccc1F)c1c[nH]c2ncccc12. The van der Waals surface area contributed by atoms with Gasteiger partial charge in [-0.2, -0.15) is 4.99 Å². The lowest BCUT2D eigenvalue weighted by atomic mass is 10.2. The molecule has 0 saturated carbocycles. The zero-order valence-electron chi connectivity index (χ0n) is 12.6. The molecule has 0 spiro atoms. The summed E-state index contributed by atoms with van der Waals surface area (Å²) in [6.45, 7) is 0.618. The first kappa shape index (κ1) is 14.9. The number of fused-ring (bicyclic) bond motifs is 1. The van der Waals surface area contributed by atoms with Crippen LogP contribution in [-0.4, -0.2) is 33.3 Å². The molecule has 0 radical (unpaired) electrons. The predicted octanol–water partition coefficient (Wildman–Crippen LogP) is 3.45. The van der Waals surface area contributed by atoms with E-state index in [1.807, 2.05) is 6.07 Å². The zero-order valence-corrected chi connectivity index (χ0v) is 13.4. The highest BCUT2D eigenvalue weighted by molar-refractivity contribution is 8.14. The van der Waals surface area contributed by atoms with Gasteiger partial charge in [0.2, 0.25) is 0 Å². The number of carbonyl (C=O) groups excluding carboxylic acids is 1. The number of para-hydroxylation sites is 1. The fourth-order valence-corrected chi connectivity index (χ4v) is 3.62. The molecule has 1 amide bonds. The van der Waals surface area contributed by atoms with Crippen molar-refractivity contribution in [1.29, 1.82) is 0 Å². The number of aromatic nitrogens is 2. The normalized spacial score (nSPS) is 16.2. The van der Waals surface area contributed by atoms with Gasteiger partial charge in [-0.3, -0.25) is 4.79 Å². The predicted molar refractivity (Wildman–Crippen MR) is 94.1 cm³/mol. The molecule has 5 nitrogen and oxygen atoms in total. The van der Waals surface area contributed by atoms with Gasteiger partial charge < -0.3 is 9.88 Å². The number of hydrogen-bond donors (Lipinski definition) is 1. The van der Waals surface area contributed by atoms with Gasteiger partial charge in [-0.1, -0.05) is 23.9 Å². The molecule has 7 heteroatoms. The van der Waals surface area contributed by atoms with Crippen molar-refractivity contribution in [3.05, 3.63) is 60.2 Å². The van der Waals surface area contributed by atoms with E-state index >= 15 is 0 Å². The Morgan fingerprint density at radius 1 is 1.29 bits per heavy atom. The Hall–Kier alpha value is -2.67. The smallest absolute Gasteiger partial charge is 0.281 e. The first-order valence-electron chi connectivity index (χ1n) is 7.44. The fourth-order valence-electron chi connectivity index (χ4n) is 2.67. The van der Waals surface area contributed by atoms with Crippen LogP contribution in [0.5, 0.6) is 0 Å². The highest BCUT2D eigenvalue weighted by Crippen LogP contribution is 2.28. The van der Waals surface area contributed by atoms with Crippen molar-refractivity contribution < 1.29 is 9.18 Å². The van der Waals surface area contributed by atoms with Crippen LogP contribution >= 0.6 is 11.8 Å². The van der Waals surface area contributed by atoms with Gasteiger partial charge in [0.1, 0.15) is 11.5 Å². The molecular formula is C17H13FN4OS. The third-order valence-corrected chi connectivity index (χ3v) is 4.76. The van der Waals surface area contributed by atoms with E-state index in [4.69, 9.17) is 0 Å². The molecule has 3 aromatic rings. The number of nitrogens with one attached hydrogen (secondary N) is 1. The van der Waals surface area contributed by atoms with Crippen molar-refractivity contribution in [2.24, 2.45) is 4.99 Å². The highest BCUT2D eigenvalue weighted by atomic mass is 32.2. The maximum Gasteiger partial charge on any atom is 0.281 e. The maximum absolute atomic E-state index is 14.0. The van der Waals surface area contributed by atoms with E-state index in [9.17, 15) is 9.18 Å². The lowest BCUT2D eigenvalue weighted by molar-refractivity contribution is 0.100. The minimum atomic E-state index is -0.361. The fraction of sp³-hybridized carbons (Fsp3) is 0.118. The Kier molecular flexibility index (Phi) is 3.78. The van der Waals surface area contributed by atoms with Gasteiger partial charge in [-0.25, -0.2) is 9.37 Å². The van der Waals surface area contributed by atoms with Gasteiger partial charge in [0.05, 0.1) is 11.3 Å². The average Bonchev–Trinajstić information content (AvgIpc) is 3.22. The van der Waals surface area contributed by atoms with Crippen LogP contribution < -0.4 is 4.90 Å². The second-order valence-electron chi connectivity index (χ2n) is 5.25. The number of pyridine rings is 1. The molecule has 0 unspecified atom stereocenters. The second kappa shape index (κ2) is 6.09. The molecule has 1 saturated heterocycles. The maximum atomic E-state index is 14.0. The lowest BCUT2D eigenvalue weighted by Crippen LogP contribution is -2.25. The van der Waals surface area contributed by atoms with Crippen molar-refractivity contribution in [3.63, 3.8) is 0 Å². The number of amidine groups is 1. The van der Waals surface area contributed by atoms with E-state index in [1.54, 1.807) is 41.6 Å². The van der Waals surface area contributed by atoms with Crippen LogP contribution in [0, 0.1) is 5.82 Å². The standard InChI is InChI=1S/C17H13FN4OS/c18-13-5-1-2-6-14(13)22-8-9-24-17(22)21-16(23)12-10-20-15-11(12)4-3-7-19-15/h1-7,10H,8-9H2,(H,19,20)/b21-17-. The summed E-state index contributed by atoms with van der Waals surface area (Å²) >= 11 is 1.45. The van der Waals surface area contributed by atoms with Crippen LogP contribution in [0.2, 0.25) is 0 Å². The molecule has 1 aromatic carbocycles. The number of amides is 1. The summed E-state index contributed by atoms with van der Waals surface area (Å²) < 4.78 is 14.0. The van der Waals surface area contributed by atoms with Crippen LogP contribution in [-0.2, 0) is 0 Å². The van der Waals surface area contributed by atoms with Crippen LogP contribution in [0.1, 0.15) is 10.4 Å². The molecule has 1 aliphatic rings. The Labute approximate surface area is 141 Å². The molecule has 120 valence electrons. The molecule has 1 aliphatic heterocycles. The number of nitrogens with zero attached hydrogens (tertiary/aromatic N) is 3. The van der Waals surface area contributed by atoms with E-state index in [0.29, 0.717) is 28.6 Å². The minimum absolute atomic E-state index is 0.323. The topological polar surface area (TPSA) is 61.4 Å². The zero-order chi connectivity index (χ0) is 16.5. The molecule has 1 fully saturated rings. The molecular weight excluding hydrogens is 327 g/mol. The quantitative estimate of drug-likeness (QED) is 0.776. The number of carbonyl (C=O) groups is 1. The summed E-state index contributed by atoms with van der Waals surface area (Å²) in [5.41, 5.74) is 1.55. The van der Waals surface area contributed by atoms with Crippen LogP contribution in [0.3, 0.4) is 0 Å². The largest absolute Gasteiger partial charge is 0.345 e. The number of aromatic amines is 1. The Balaban J connectivity index is 1.69. The van der Waals surface area contributed by atoms with Gasteiger partial charge in [-0.05, 0) is 24.3 Å². The van der Waals surface area contributed by atoms with Gasteiger partial charge in [0.25, 0.3) is 5.91 Å². The molecule has 3 heterocycles. The first-order chi connectivity index (χ1) is 11.7. The highest BCUT2D eigenvalue weighted by Gasteiger charge is 2.25. The van der Waals surface area contributed by atoms with Crippen molar-refractivity contribution in [1.82, 2.24) is 9.97 Å². The molecule has 2 aromatic heterocycles. The first-order valence-corrected chi connectivity index (χ1v) is 8.42.